The van der Waals surface area contributed by atoms with Crippen LogP contribution in [0.2, 0.25) is 0 Å². The van der Waals surface area contributed by atoms with Crippen LogP contribution in [0.3, 0.4) is 0 Å². The van der Waals surface area contributed by atoms with E-state index in [1.54, 1.807) is 0 Å². The molecule has 5 atom stereocenters. The van der Waals surface area contributed by atoms with Gasteiger partial charge < -0.3 is 54.4 Å². The highest BCUT2D eigenvalue weighted by Gasteiger charge is 2.45. The van der Waals surface area contributed by atoms with E-state index in [2.05, 4.69) is 0 Å². The Kier molecular flexibility index (Phi) is 7.41. The van der Waals surface area contributed by atoms with Crippen LogP contribution in [0, 0.1) is 0 Å². The van der Waals surface area contributed by atoms with E-state index < -0.39 is 72.6 Å². The van der Waals surface area contributed by atoms with Crippen molar-refractivity contribution in [3.8, 4) is 34.3 Å². The zero-order valence-electron chi connectivity index (χ0n) is 19.3. The third-order valence-electron chi connectivity index (χ3n) is 5.68. The van der Waals surface area contributed by atoms with Crippen molar-refractivity contribution in [3.63, 3.8) is 0 Å². The number of aliphatic hydroxyl groups is 3. The van der Waals surface area contributed by atoms with Crippen molar-refractivity contribution in [3.05, 3.63) is 46.6 Å². The van der Waals surface area contributed by atoms with Crippen LogP contribution < -0.4 is 10.2 Å². The van der Waals surface area contributed by atoms with E-state index in [9.17, 15) is 45.0 Å². The maximum absolute atomic E-state index is 12.7. The molecular formula is C24H22O14. The van der Waals surface area contributed by atoms with Crippen LogP contribution in [0.25, 0.3) is 22.3 Å². The predicted octanol–water partition coefficient (Wildman–Crippen LogP) is -0.219. The number of benzene rings is 2. The first-order chi connectivity index (χ1) is 18.0. The number of fused-ring (bicyclic) bond motifs is 1. The molecule has 1 aliphatic heterocycles. The Labute approximate surface area is 212 Å². The highest BCUT2D eigenvalue weighted by molar-refractivity contribution is 5.90. The summed E-state index contributed by atoms with van der Waals surface area (Å²) >= 11 is 0. The van der Waals surface area contributed by atoms with Gasteiger partial charge in [0.1, 0.15) is 65.7 Å². The fraction of sp³-hybridized carbons (Fsp3) is 0.292. The van der Waals surface area contributed by atoms with Crippen LogP contribution in [0.5, 0.6) is 23.0 Å². The van der Waals surface area contributed by atoms with Gasteiger partial charge in [-0.15, -0.1) is 0 Å². The molecule has 7 N–H and O–H groups in total. The molecule has 2 heterocycles. The summed E-state index contributed by atoms with van der Waals surface area (Å²) in [6.45, 7) is -0.677. The normalized spacial score (nSPS) is 23.2. The number of phenols is 2. The van der Waals surface area contributed by atoms with Crippen LogP contribution in [-0.4, -0.2) is 85.0 Å². The Balaban J connectivity index is 1.62. The van der Waals surface area contributed by atoms with Crippen molar-refractivity contribution in [2.24, 2.45) is 0 Å². The number of hydrogen-bond donors (Lipinski definition) is 7. The number of carboxylic acid groups (broad SMARTS) is 1. The largest absolute Gasteiger partial charge is 0.508 e. The minimum absolute atomic E-state index is 0.0713. The zero-order chi connectivity index (χ0) is 27.7. The second-order valence-corrected chi connectivity index (χ2v) is 8.36. The van der Waals surface area contributed by atoms with Gasteiger partial charge in [0.05, 0.1) is 0 Å². The lowest BCUT2D eigenvalue weighted by atomic mass is 9.99. The number of esters is 1. The second-order valence-electron chi connectivity index (χ2n) is 8.36. The second kappa shape index (κ2) is 10.5. The Morgan fingerprint density at radius 3 is 2.29 bits per heavy atom. The Bertz CT molecular complexity index is 1410. The molecule has 0 amide bonds. The van der Waals surface area contributed by atoms with Crippen molar-refractivity contribution < 1.29 is 64.0 Å². The van der Waals surface area contributed by atoms with Gasteiger partial charge in [0.2, 0.25) is 17.5 Å². The summed E-state index contributed by atoms with van der Waals surface area (Å²) in [5.74, 6) is -4.60. The highest BCUT2D eigenvalue weighted by atomic mass is 16.7. The van der Waals surface area contributed by atoms with Crippen LogP contribution in [0.15, 0.2) is 45.6 Å². The molecule has 2 aromatic carbocycles. The molecular weight excluding hydrogens is 512 g/mol. The molecule has 14 nitrogen and oxygen atoms in total. The molecule has 0 aliphatic carbocycles. The van der Waals surface area contributed by atoms with E-state index in [4.69, 9.17) is 23.7 Å². The van der Waals surface area contributed by atoms with E-state index in [0.29, 0.717) is 0 Å². The first-order valence-corrected chi connectivity index (χ1v) is 11.0. The molecule has 1 aromatic heterocycles. The number of phenolic OH excluding ortho intramolecular Hbond substituents is 2. The number of aliphatic hydroxyl groups excluding tert-OH is 3. The van der Waals surface area contributed by atoms with E-state index in [1.165, 1.54) is 24.3 Å². The number of carboxylic acids is 1. The van der Waals surface area contributed by atoms with Gasteiger partial charge in [-0.25, -0.2) is 0 Å². The maximum Gasteiger partial charge on any atom is 0.317 e. The summed E-state index contributed by atoms with van der Waals surface area (Å²) in [5.41, 5.74) is -0.974. The van der Waals surface area contributed by atoms with Crippen molar-refractivity contribution in [2.45, 2.75) is 37.1 Å². The van der Waals surface area contributed by atoms with E-state index in [0.717, 1.165) is 12.1 Å². The summed E-state index contributed by atoms with van der Waals surface area (Å²) in [7, 11) is 0. The third-order valence-corrected chi connectivity index (χ3v) is 5.68. The van der Waals surface area contributed by atoms with Gasteiger partial charge >= 0.3 is 11.9 Å². The Morgan fingerprint density at radius 2 is 1.63 bits per heavy atom. The van der Waals surface area contributed by atoms with Crippen molar-refractivity contribution in [1.29, 1.82) is 0 Å². The summed E-state index contributed by atoms with van der Waals surface area (Å²) < 4.78 is 21.3. The lowest BCUT2D eigenvalue weighted by Gasteiger charge is -2.39. The molecule has 1 aliphatic rings. The lowest BCUT2D eigenvalue weighted by molar-refractivity contribution is -0.278. The predicted molar refractivity (Wildman–Crippen MR) is 123 cm³/mol. The monoisotopic (exact) mass is 534 g/mol. The summed E-state index contributed by atoms with van der Waals surface area (Å²) in [6.07, 6.45) is -9.46. The van der Waals surface area contributed by atoms with Crippen LogP contribution in [0.4, 0.5) is 0 Å². The summed E-state index contributed by atoms with van der Waals surface area (Å²) in [5, 5.41) is 69.2. The van der Waals surface area contributed by atoms with Crippen LogP contribution in [-0.2, 0) is 19.1 Å². The third kappa shape index (κ3) is 5.33. The first kappa shape index (κ1) is 26.7. The molecule has 0 saturated carbocycles. The number of carbonyl (C=O) groups excluding carboxylic acids is 1. The molecule has 202 valence electrons. The quantitative estimate of drug-likeness (QED) is 0.153. The maximum atomic E-state index is 12.7. The van der Waals surface area contributed by atoms with Gasteiger partial charge in [-0.3, -0.25) is 14.4 Å². The van der Waals surface area contributed by atoms with E-state index in [-0.39, 0.29) is 33.8 Å². The molecule has 14 heteroatoms. The molecule has 0 radical (unpaired) electrons. The zero-order valence-corrected chi connectivity index (χ0v) is 19.3. The number of aromatic hydroxyl groups is 3. The molecule has 3 aromatic rings. The lowest BCUT2D eigenvalue weighted by Crippen LogP contribution is -2.60. The van der Waals surface area contributed by atoms with E-state index in [1.807, 2.05) is 0 Å². The fourth-order valence-electron chi connectivity index (χ4n) is 3.78. The number of ether oxygens (including phenoxy) is 3. The standard InChI is InChI=1S/C24H22O14/c25-10-3-1-9(2-4-10)23-21(33)19(31)17-12(26)5-11(6-13(17)37-23)36-24-22(34)20(32)18(30)14(38-24)8-35-16(29)7-15(27)28/h1-6,14,18,20,22,24-26,30,32-34H,7-8H2,(H,27,28). The number of rotatable bonds is 7. The molecule has 1 fully saturated rings. The van der Waals surface area contributed by atoms with Gasteiger partial charge in [-0.05, 0) is 24.3 Å². The molecule has 5 unspecified atom stereocenters. The average Bonchev–Trinajstić information content (AvgIpc) is 2.85. The van der Waals surface area contributed by atoms with E-state index >= 15 is 0 Å². The van der Waals surface area contributed by atoms with Gasteiger partial charge in [-0.2, -0.15) is 0 Å². The van der Waals surface area contributed by atoms with Gasteiger partial charge in [0, 0.05) is 17.7 Å². The average molecular weight is 534 g/mol. The van der Waals surface area contributed by atoms with Crippen molar-refractivity contribution in [2.75, 3.05) is 6.61 Å². The van der Waals surface area contributed by atoms with Gasteiger partial charge in [-0.1, -0.05) is 0 Å². The van der Waals surface area contributed by atoms with Crippen molar-refractivity contribution >= 4 is 22.9 Å². The smallest absolute Gasteiger partial charge is 0.317 e. The number of carbonyl (C=O) groups is 2. The number of aliphatic carboxylic acids is 1. The topological polar surface area (TPSA) is 234 Å². The van der Waals surface area contributed by atoms with Gasteiger partial charge in [0.15, 0.2) is 5.76 Å². The summed E-state index contributed by atoms with van der Waals surface area (Å²) in [4.78, 5) is 34.8. The minimum Gasteiger partial charge on any atom is -0.508 e. The molecule has 0 spiro atoms. The molecule has 0 bridgehead atoms. The molecule has 1 saturated heterocycles. The first-order valence-electron chi connectivity index (χ1n) is 11.0. The fourth-order valence-corrected chi connectivity index (χ4v) is 3.78. The van der Waals surface area contributed by atoms with Gasteiger partial charge in [0.25, 0.3) is 0 Å². The summed E-state index contributed by atoms with van der Waals surface area (Å²) in [6, 6.07) is 7.44. The van der Waals surface area contributed by atoms with Crippen LogP contribution >= 0.6 is 0 Å². The van der Waals surface area contributed by atoms with Crippen molar-refractivity contribution in [1.82, 2.24) is 0 Å². The SMILES string of the molecule is O=C(O)CC(=O)OCC1OC(Oc2cc(O)c3c(=O)c(O)c(-c4ccc(O)cc4)oc3c2)C(O)C(O)C1O. The number of hydrogen-bond acceptors (Lipinski definition) is 13. The van der Waals surface area contributed by atoms with Crippen LogP contribution in [0.1, 0.15) is 6.42 Å². The Hall–Kier alpha value is -4.37. The Morgan fingerprint density at radius 1 is 0.947 bits per heavy atom. The molecule has 38 heavy (non-hydrogen) atoms. The molecule has 4 rings (SSSR count). The minimum atomic E-state index is -1.83. The highest BCUT2D eigenvalue weighted by Crippen LogP contribution is 2.36.